The quantitative estimate of drug-likeness (QED) is 0.787. The molecule has 1 aromatic carbocycles. The Kier molecular flexibility index (Phi) is 7.24. The van der Waals surface area contributed by atoms with E-state index in [0.717, 1.165) is 37.6 Å². The average molecular weight is 411 g/mol. The molecule has 27 heavy (non-hydrogen) atoms. The first kappa shape index (κ1) is 21.2. The van der Waals surface area contributed by atoms with Crippen molar-refractivity contribution >= 4 is 47.1 Å². The van der Waals surface area contributed by atoms with Gasteiger partial charge in [0.1, 0.15) is 0 Å². The molecule has 0 atom stereocenters. The van der Waals surface area contributed by atoms with Gasteiger partial charge in [-0.2, -0.15) is 0 Å². The van der Waals surface area contributed by atoms with E-state index >= 15 is 0 Å². The summed E-state index contributed by atoms with van der Waals surface area (Å²) in [5.74, 6) is -0.364. The van der Waals surface area contributed by atoms with Crippen LogP contribution in [0.3, 0.4) is 0 Å². The van der Waals surface area contributed by atoms with Gasteiger partial charge in [0.2, 0.25) is 0 Å². The number of benzene rings is 1. The number of nitrogens with one attached hydrogen (secondary N) is 1. The molecular weight excluding hydrogens is 387 g/mol. The van der Waals surface area contributed by atoms with E-state index < -0.39 is 5.91 Å². The van der Waals surface area contributed by atoms with Crippen molar-refractivity contribution in [3.05, 3.63) is 40.8 Å². The number of carbonyl (C=O) groups is 1. The normalized spacial score (nSPS) is 14.6. The van der Waals surface area contributed by atoms with Gasteiger partial charge in [0.15, 0.2) is 16.7 Å². The number of nitrogens with zero attached hydrogens (tertiary/aromatic N) is 4. The molecule has 0 spiro atoms. The molecule has 1 aliphatic rings. The fraction of sp³-hybridized carbons (Fsp3) is 0.389. The number of nitrogens with two attached hydrogens (primary N) is 1. The van der Waals surface area contributed by atoms with E-state index in [-0.39, 0.29) is 29.1 Å². The molecule has 1 aliphatic heterocycles. The third-order valence-corrected chi connectivity index (χ3v) is 4.77. The molecule has 2 aromatic rings. The van der Waals surface area contributed by atoms with E-state index in [0.29, 0.717) is 12.1 Å². The molecule has 7 nitrogen and oxygen atoms in total. The van der Waals surface area contributed by atoms with Crippen LogP contribution in [0.4, 0.5) is 17.2 Å². The minimum absolute atomic E-state index is 0. The molecule has 0 bridgehead atoms. The summed E-state index contributed by atoms with van der Waals surface area (Å²) in [6.07, 6.45) is 0.575. The minimum atomic E-state index is -0.637. The van der Waals surface area contributed by atoms with Crippen LogP contribution in [0.2, 0.25) is 5.15 Å². The Hall–Kier alpha value is -2.09. The number of primary amides is 1. The lowest BCUT2D eigenvalue weighted by Crippen LogP contribution is -2.44. The van der Waals surface area contributed by atoms with Crippen LogP contribution in [0, 0.1) is 0 Å². The largest absolute Gasteiger partial charge is 0.369 e. The van der Waals surface area contributed by atoms with Crippen LogP contribution in [0.25, 0.3) is 0 Å². The molecule has 0 unspecified atom stereocenters. The van der Waals surface area contributed by atoms with Gasteiger partial charge in [-0.05, 0) is 31.7 Å². The smallest absolute Gasteiger partial charge is 0.271 e. The molecule has 1 amide bonds. The summed E-state index contributed by atoms with van der Waals surface area (Å²) in [6.45, 7) is 5.91. The van der Waals surface area contributed by atoms with Gasteiger partial charge in [-0.15, -0.1) is 12.4 Å². The third kappa shape index (κ3) is 5.00. The first-order chi connectivity index (χ1) is 12.5. The Balaban J connectivity index is 0.00000261. The van der Waals surface area contributed by atoms with Crippen LogP contribution < -0.4 is 16.0 Å². The summed E-state index contributed by atoms with van der Waals surface area (Å²) >= 11 is 6.16. The molecule has 1 saturated heterocycles. The van der Waals surface area contributed by atoms with Crippen molar-refractivity contribution in [1.82, 2.24) is 14.9 Å². The van der Waals surface area contributed by atoms with Crippen molar-refractivity contribution in [2.45, 2.75) is 13.3 Å². The van der Waals surface area contributed by atoms with Gasteiger partial charge in [-0.1, -0.05) is 24.6 Å². The lowest BCUT2D eigenvalue weighted by Gasteiger charge is -2.34. The highest BCUT2D eigenvalue weighted by Gasteiger charge is 2.18. The number of likely N-dealkylation sites (N-methyl/N-ethyl adjacent to an activating group) is 1. The monoisotopic (exact) mass is 410 g/mol. The maximum atomic E-state index is 11.8. The van der Waals surface area contributed by atoms with Gasteiger partial charge >= 0.3 is 0 Å². The van der Waals surface area contributed by atoms with Crippen molar-refractivity contribution in [1.29, 1.82) is 0 Å². The van der Waals surface area contributed by atoms with E-state index in [1.807, 2.05) is 25.1 Å². The first-order valence-electron chi connectivity index (χ1n) is 8.64. The van der Waals surface area contributed by atoms with Crippen molar-refractivity contribution in [3.8, 4) is 0 Å². The second-order valence-corrected chi connectivity index (χ2v) is 6.70. The highest BCUT2D eigenvalue weighted by Crippen LogP contribution is 2.25. The van der Waals surface area contributed by atoms with Gasteiger partial charge in [0, 0.05) is 37.6 Å². The summed E-state index contributed by atoms with van der Waals surface area (Å²) in [5, 5.41) is 3.41. The van der Waals surface area contributed by atoms with E-state index in [1.165, 1.54) is 0 Å². The number of aryl methyl sites for hydroxylation is 1. The molecule has 1 fully saturated rings. The average Bonchev–Trinajstić information content (AvgIpc) is 2.62. The summed E-state index contributed by atoms with van der Waals surface area (Å²) in [7, 11) is 2.13. The summed E-state index contributed by atoms with van der Waals surface area (Å²) in [5.41, 5.74) is 8.03. The van der Waals surface area contributed by atoms with Gasteiger partial charge in [-0.25, -0.2) is 9.97 Å². The zero-order valence-electron chi connectivity index (χ0n) is 15.4. The van der Waals surface area contributed by atoms with E-state index in [1.54, 1.807) is 0 Å². The summed E-state index contributed by atoms with van der Waals surface area (Å²) in [6, 6.07) is 7.98. The number of anilines is 3. The lowest BCUT2D eigenvalue weighted by molar-refractivity contribution is 0.0996. The highest BCUT2D eigenvalue weighted by atomic mass is 35.5. The standard InChI is InChI=1S/C18H23ClN6O.ClH/c1-3-14-16(19)23-18(15(22-14)17(20)26)21-12-5-4-6-13(11-12)25-9-7-24(2)8-10-25;/h4-6,11H,3,7-10H2,1-2H3,(H2,20,26)(H,21,23);1H. The van der Waals surface area contributed by atoms with Crippen LogP contribution >= 0.6 is 24.0 Å². The van der Waals surface area contributed by atoms with Crippen LogP contribution in [0.15, 0.2) is 24.3 Å². The molecule has 9 heteroatoms. The fourth-order valence-corrected chi connectivity index (χ4v) is 3.18. The lowest BCUT2D eigenvalue weighted by atomic mass is 10.2. The fourth-order valence-electron chi connectivity index (χ4n) is 2.92. The van der Waals surface area contributed by atoms with Gasteiger partial charge in [0.05, 0.1) is 5.69 Å². The number of halogens is 2. The number of carbonyl (C=O) groups excluding carboxylic acids is 1. The van der Waals surface area contributed by atoms with Crippen molar-refractivity contribution in [2.24, 2.45) is 5.73 Å². The molecule has 0 saturated carbocycles. The molecule has 0 aliphatic carbocycles. The van der Waals surface area contributed by atoms with Gasteiger partial charge in [-0.3, -0.25) is 4.79 Å². The van der Waals surface area contributed by atoms with Gasteiger partial charge < -0.3 is 20.9 Å². The molecule has 1 aromatic heterocycles. The molecular formula is C18H24Cl2N6O. The van der Waals surface area contributed by atoms with Crippen molar-refractivity contribution in [3.63, 3.8) is 0 Å². The van der Waals surface area contributed by atoms with Gasteiger partial charge in [0.25, 0.3) is 5.91 Å². The Labute approximate surface area is 170 Å². The topological polar surface area (TPSA) is 87.4 Å². The maximum absolute atomic E-state index is 11.8. The summed E-state index contributed by atoms with van der Waals surface area (Å²) < 4.78 is 0. The van der Waals surface area contributed by atoms with Crippen LogP contribution in [-0.2, 0) is 6.42 Å². The third-order valence-electron chi connectivity index (χ3n) is 4.46. The zero-order valence-corrected chi connectivity index (χ0v) is 17.0. The Morgan fingerprint density at radius 3 is 2.59 bits per heavy atom. The Morgan fingerprint density at radius 2 is 1.96 bits per heavy atom. The Morgan fingerprint density at radius 1 is 1.26 bits per heavy atom. The van der Waals surface area contributed by atoms with Crippen LogP contribution in [-0.4, -0.2) is 54.0 Å². The number of aromatic nitrogens is 2. The Bertz CT molecular complexity index is 808. The van der Waals surface area contributed by atoms with E-state index in [2.05, 4.69) is 38.2 Å². The summed E-state index contributed by atoms with van der Waals surface area (Å²) in [4.78, 5) is 24.9. The SMILES string of the molecule is CCc1nc(C(N)=O)c(Nc2cccc(N3CCN(C)CC3)c2)nc1Cl.Cl. The second-order valence-electron chi connectivity index (χ2n) is 6.34. The van der Waals surface area contributed by atoms with Crippen molar-refractivity contribution < 1.29 is 4.79 Å². The predicted molar refractivity (Wildman–Crippen MR) is 112 cm³/mol. The highest BCUT2D eigenvalue weighted by molar-refractivity contribution is 6.30. The number of amides is 1. The van der Waals surface area contributed by atoms with E-state index in [9.17, 15) is 4.79 Å². The molecule has 0 radical (unpaired) electrons. The zero-order chi connectivity index (χ0) is 18.7. The maximum Gasteiger partial charge on any atom is 0.271 e. The van der Waals surface area contributed by atoms with Crippen LogP contribution in [0.5, 0.6) is 0 Å². The minimum Gasteiger partial charge on any atom is -0.369 e. The van der Waals surface area contributed by atoms with E-state index in [4.69, 9.17) is 17.3 Å². The predicted octanol–water partition coefficient (Wildman–Crippen LogP) is 2.71. The molecule has 146 valence electrons. The number of rotatable bonds is 5. The molecule has 2 heterocycles. The number of piperazine rings is 1. The molecule has 3 N–H and O–H groups in total. The van der Waals surface area contributed by atoms with Crippen LogP contribution in [0.1, 0.15) is 23.1 Å². The first-order valence-corrected chi connectivity index (χ1v) is 9.02. The second kappa shape index (κ2) is 9.21. The molecule has 3 rings (SSSR count). The van der Waals surface area contributed by atoms with Crippen molar-refractivity contribution in [2.75, 3.05) is 43.4 Å². The number of hydrogen-bond donors (Lipinski definition) is 2. The number of hydrogen-bond acceptors (Lipinski definition) is 6.